The van der Waals surface area contributed by atoms with E-state index in [2.05, 4.69) is 25.6 Å². The van der Waals surface area contributed by atoms with E-state index in [0.29, 0.717) is 17.6 Å². The molecule has 0 atom stereocenters. The van der Waals surface area contributed by atoms with Gasteiger partial charge in [0.05, 0.1) is 6.54 Å². The quantitative estimate of drug-likeness (QED) is 0.763. The molecular weight excluding hydrogens is 318 g/mol. The van der Waals surface area contributed by atoms with Crippen LogP contribution in [0.5, 0.6) is 0 Å². The second-order valence-electron chi connectivity index (χ2n) is 6.42. The van der Waals surface area contributed by atoms with E-state index in [1.165, 1.54) is 0 Å². The molecule has 1 amide bonds. The number of fused-ring (bicyclic) bond motifs is 1. The number of likely N-dealkylation sites (N-methyl/N-ethyl adjacent to an activating group) is 1. The van der Waals surface area contributed by atoms with Gasteiger partial charge in [-0.2, -0.15) is 4.52 Å². The Kier molecular flexibility index (Phi) is 3.79. The molecule has 4 rings (SSSR count). The van der Waals surface area contributed by atoms with Gasteiger partial charge in [0.1, 0.15) is 11.6 Å². The van der Waals surface area contributed by atoms with Crippen molar-refractivity contribution in [1.29, 1.82) is 0 Å². The molecule has 0 aromatic carbocycles. The summed E-state index contributed by atoms with van der Waals surface area (Å²) in [4.78, 5) is 18.2. The molecule has 3 aromatic heterocycles. The summed E-state index contributed by atoms with van der Waals surface area (Å²) < 4.78 is 1.78. The summed E-state index contributed by atoms with van der Waals surface area (Å²) in [6.45, 7) is 2.13. The molecule has 8 heteroatoms. The highest BCUT2D eigenvalue weighted by molar-refractivity contribution is 5.93. The molecule has 1 aliphatic rings. The van der Waals surface area contributed by atoms with E-state index in [-0.39, 0.29) is 12.5 Å². The van der Waals surface area contributed by atoms with Crippen molar-refractivity contribution in [2.45, 2.75) is 25.7 Å². The van der Waals surface area contributed by atoms with Gasteiger partial charge in [0.2, 0.25) is 5.91 Å². The second-order valence-corrected chi connectivity index (χ2v) is 6.42. The molecule has 0 spiro atoms. The number of carbonyl (C=O) groups is 1. The molecule has 8 nitrogen and oxygen atoms in total. The third kappa shape index (κ3) is 3.28. The van der Waals surface area contributed by atoms with E-state index in [4.69, 9.17) is 0 Å². The highest BCUT2D eigenvalue weighted by atomic mass is 16.2. The molecule has 1 fully saturated rings. The molecule has 1 saturated carbocycles. The maximum atomic E-state index is 12.3. The number of carbonyl (C=O) groups excluding carboxylic acids is 1. The first-order valence-corrected chi connectivity index (χ1v) is 8.26. The van der Waals surface area contributed by atoms with Gasteiger partial charge in [-0.3, -0.25) is 4.79 Å². The fourth-order valence-electron chi connectivity index (χ4n) is 2.68. The minimum atomic E-state index is -0.145. The number of anilines is 2. The van der Waals surface area contributed by atoms with Gasteiger partial charge in [0.15, 0.2) is 11.5 Å². The molecule has 0 aliphatic heterocycles. The molecule has 0 saturated heterocycles. The van der Waals surface area contributed by atoms with E-state index >= 15 is 0 Å². The molecule has 3 aromatic rings. The molecule has 1 aliphatic carbocycles. The standard InChI is InChI=1S/C17H19N7O/c1-11-7-8-18-13(9-11)19-16(25)10-23(2)15-6-5-14-20-21-17(12-3-4-12)24(14)22-15/h5-9,12H,3-4,10H2,1-2H3,(H,18,19,25). The Labute approximate surface area is 144 Å². The highest BCUT2D eigenvalue weighted by Crippen LogP contribution is 2.38. The van der Waals surface area contributed by atoms with Crippen LogP contribution >= 0.6 is 0 Å². The first kappa shape index (κ1) is 15.5. The third-order valence-corrected chi connectivity index (χ3v) is 4.17. The molecule has 3 heterocycles. The van der Waals surface area contributed by atoms with E-state index in [1.807, 2.05) is 38.2 Å². The third-order valence-electron chi connectivity index (χ3n) is 4.17. The SMILES string of the molecule is Cc1ccnc(NC(=O)CN(C)c2ccc3nnc(C4CC4)n3n2)c1. The number of aryl methyl sites for hydroxylation is 1. The number of hydrogen-bond acceptors (Lipinski definition) is 6. The summed E-state index contributed by atoms with van der Waals surface area (Å²) in [6, 6.07) is 7.44. The van der Waals surface area contributed by atoms with E-state index in [1.54, 1.807) is 15.6 Å². The molecular formula is C17H19N7O. The monoisotopic (exact) mass is 337 g/mol. The lowest BCUT2D eigenvalue weighted by atomic mass is 10.3. The lowest BCUT2D eigenvalue weighted by Gasteiger charge is -2.17. The lowest BCUT2D eigenvalue weighted by Crippen LogP contribution is -2.31. The zero-order valence-electron chi connectivity index (χ0n) is 14.2. The van der Waals surface area contributed by atoms with Crippen molar-refractivity contribution < 1.29 is 4.79 Å². The van der Waals surface area contributed by atoms with Crippen molar-refractivity contribution in [2.75, 3.05) is 23.8 Å². The van der Waals surface area contributed by atoms with Crippen molar-refractivity contribution >= 4 is 23.2 Å². The van der Waals surface area contributed by atoms with E-state index < -0.39 is 0 Å². The van der Waals surface area contributed by atoms with Gasteiger partial charge >= 0.3 is 0 Å². The summed E-state index contributed by atoms with van der Waals surface area (Å²) in [5.74, 6) is 2.46. The first-order valence-electron chi connectivity index (χ1n) is 8.26. The Hall–Kier alpha value is -3.03. The van der Waals surface area contributed by atoms with Crippen LogP contribution in [0.1, 0.15) is 30.1 Å². The van der Waals surface area contributed by atoms with Crippen molar-refractivity contribution in [2.24, 2.45) is 0 Å². The molecule has 128 valence electrons. The van der Waals surface area contributed by atoms with Crippen molar-refractivity contribution in [1.82, 2.24) is 24.8 Å². The Morgan fingerprint density at radius 1 is 1.32 bits per heavy atom. The van der Waals surface area contributed by atoms with Gasteiger partial charge in [-0.1, -0.05) is 0 Å². The normalized spacial score (nSPS) is 13.8. The maximum absolute atomic E-state index is 12.3. The van der Waals surface area contributed by atoms with E-state index in [9.17, 15) is 4.79 Å². The lowest BCUT2D eigenvalue weighted by molar-refractivity contribution is -0.114. The number of rotatable bonds is 5. The highest BCUT2D eigenvalue weighted by Gasteiger charge is 2.29. The van der Waals surface area contributed by atoms with Crippen LogP contribution in [0.25, 0.3) is 5.65 Å². The van der Waals surface area contributed by atoms with Crippen LogP contribution in [0.3, 0.4) is 0 Å². The van der Waals surface area contributed by atoms with Crippen LogP contribution < -0.4 is 10.2 Å². The van der Waals surface area contributed by atoms with Gasteiger partial charge < -0.3 is 10.2 Å². The number of nitrogens with one attached hydrogen (secondary N) is 1. The topological polar surface area (TPSA) is 88.3 Å². The van der Waals surface area contributed by atoms with E-state index in [0.717, 1.165) is 29.9 Å². The fourth-order valence-corrected chi connectivity index (χ4v) is 2.68. The largest absolute Gasteiger partial charge is 0.349 e. The smallest absolute Gasteiger partial charge is 0.245 e. The zero-order valence-corrected chi connectivity index (χ0v) is 14.2. The number of aromatic nitrogens is 5. The maximum Gasteiger partial charge on any atom is 0.245 e. The Bertz CT molecular complexity index is 932. The molecule has 0 radical (unpaired) electrons. The summed E-state index contributed by atoms with van der Waals surface area (Å²) in [7, 11) is 1.83. The number of amides is 1. The van der Waals surface area contributed by atoms with Crippen LogP contribution in [0, 0.1) is 6.92 Å². The second kappa shape index (κ2) is 6.12. The molecule has 25 heavy (non-hydrogen) atoms. The van der Waals surface area contributed by atoms with Gasteiger partial charge in [-0.15, -0.1) is 15.3 Å². The van der Waals surface area contributed by atoms with Crippen molar-refractivity contribution in [3.63, 3.8) is 0 Å². The van der Waals surface area contributed by atoms with Crippen LogP contribution in [0.4, 0.5) is 11.6 Å². The summed E-state index contributed by atoms with van der Waals surface area (Å²) in [5.41, 5.74) is 1.78. The van der Waals surface area contributed by atoms with Crippen LogP contribution in [0.15, 0.2) is 30.5 Å². The Morgan fingerprint density at radius 2 is 2.16 bits per heavy atom. The van der Waals surface area contributed by atoms with Gasteiger partial charge in [-0.25, -0.2) is 4.98 Å². The average Bonchev–Trinajstić information content (AvgIpc) is 3.33. The Morgan fingerprint density at radius 3 is 2.92 bits per heavy atom. The summed E-state index contributed by atoms with van der Waals surface area (Å²) >= 11 is 0. The predicted octanol–water partition coefficient (Wildman–Crippen LogP) is 1.78. The predicted molar refractivity (Wildman–Crippen MR) is 93.6 cm³/mol. The van der Waals surface area contributed by atoms with Gasteiger partial charge in [0.25, 0.3) is 0 Å². The van der Waals surface area contributed by atoms with Crippen LogP contribution in [0.2, 0.25) is 0 Å². The van der Waals surface area contributed by atoms with Crippen molar-refractivity contribution in [3.05, 3.63) is 41.9 Å². The Balaban J connectivity index is 1.48. The summed E-state index contributed by atoms with van der Waals surface area (Å²) in [6.07, 6.45) is 3.94. The number of pyridine rings is 1. The zero-order chi connectivity index (χ0) is 17.4. The molecule has 1 N–H and O–H groups in total. The van der Waals surface area contributed by atoms with Crippen LogP contribution in [-0.2, 0) is 4.79 Å². The minimum absolute atomic E-state index is 0.145. The van der Waals surface area contributed by atoms with Gasteiger partial charge in [0, 0.05) is 19.2 Å². The number of hydrogen-bond donors (Lipinski definition) is 1. The number of nitrogens with zero attached hydrogens (tertiary/aromatic N) is 6. The fraction of sp³-hybridized carbons (Fsp3) is 0.353. The molecule has 0 bridgehead atoms. The first-order chi connectivity index (χ1) is 12.1. The van der Waals surface area contributed by atoms with Crippen LogP contribution in [-0.4, -0.2) is 44.3 Å². The minimum Gasteiger partial charge on any atom is -0.349 e. The molecule has 0 unspecified atom stereocenters. The average molecular weight is 337 g/mol. The summed E-state index contributed by atoms with van der Waals surface area (Å²) in [5, 5.41) is 15.8. The van der Waals surface area contributed by atoms with Crippen molar-refractivity contribution in [3.8, 4) is 0 Å². The van der Waals surface area contributed by atoms with Gasteiger partial charge in [-0.05, 0) is 49.6 Å².